The molecule has 0 saturated heterocycles. The lowest BCUT2D eigenvalue weighted by atomic mass is 9.78. The molecule has 0 heterocycles. The fraction of sp³-hybridized carbons (Fsp3) is 0.833. The molecule has 1 rings (SSSR count). The zero-order chi connectivity index (χ0) is 12.9. The molecule has 1 atom stereocenters. The maximum Gasteiger partial charge on any atom is 0.323 e. The van der Waals surface area contributed by atoms with Gasteiger partial charge in [0.1, 0.15) is 0 Å². The number of carbonyl (C=O) groups excluding carboxylic acids is 2. The van der Waals surface area contributed by atoms with Crippen molar-refractivity contribution in [2.24, 2.45) is 11.3 Å². The van der Waals surface area contributed by atoms with E-state index < -0.39 is 17.4 Å². The van der Waals surface area contributed by atoms with Crippen molar-refractivity contribution in [1.29, 1.82) is 0 Å². The molecule has 1 saturated carbocycles. The summed E-state index contributed by atoms with van der Waals surface area (Å²) in [6, 6.07) is 0. The first-order chi connectivity index (χ1) is 8.13. The van der Waals surface area contributed by atoms with Gasteiger partial charge < -0.3 is 9.47 Å². The minimum absolute atomic E-state index is 0.0428. The van der Waals surface area contributed by atoms with Crippen LogP contribution in [0.4, 0.5) is 0 Å². The number of ether oxygens (including phenoxy) is 2. The lowest BCUT2D eigenvalue weighted by Crippen LogP contribution is -2.45. The predicted octanol–water partition coefficient (Wildman–Crippen LogP) is 2.33. The van der Waals surface area contributed by atoms with Crippen molar-refractivity contribution < 1.29 is 19.1 Å². The lowest BCUT2D eigenvalue weighted by Gasteiger charge is -2.29. The van der Waals surface area contributed by atoms with Crippen LogP contribution in [-0.4, -0.2) is 29.6 Å². The number of halogens is 1. The summed E-state index contributed by atoms with van der Waals surface area (Å²) in [6.45, 7) is 4.11. The predicted molar refractivity (Wildman–Crippen MR) is 71.9 cm³/mol. The topological polar surface area (TPSA) is 52.6 Å². The van der Waals surface area contributed by atoms with Gasteiger partial charge in [0, 0.05) is 4.43 Å². The van der Waals surface area contributed by atoms with Crippen LogP contribution in [0.25, 0.3) is 0 Å². The molecule has 0 amide bonds. The second kappa shape index (κ2) is 6.56. The summed E-state index contributed by atoms with van der Waals surface area (Å²) in [5, 5.41) is 0. The van der Waals surface area contributed by atoms with Crippen molar-refractivity contribution in [3.05, 3.63) is 0 Å². The van der Waals surface area contributed by atoms with E-state index in [9.17, 15) is 9.59 Å². The highest BCUT2D eigenvalue weighted by atomic mass is 127. The number of hydrogen-bond acceptors (Lipinski definition) is 4. The Kier molecular flexibility index (Phi) is 5.69. The van der Waals surface area contributed by atoms with Crippen LogP contribution < -0.4 is 0 Å². The highest BCUT2D eigenvalue weighted by Crippen LogP contribution is 2.46. The molecular formula is C12H19IO4. The van der Waals surface area contributed by atoms with E-state index in [4.69, 9.17) is 9.47 Å². The van der Waals surface area contributed by atoms with Crippen molar-refractivity contribution in [3.8, 4) is 0 Å². The number of rotatable bonds is 5. The summed E-state index contributed by atoms with van der Waals surface area (Å²) < 4.78 is 10.9. The summed E-state index contributed by atoms with van der Waals surface area (Å²) in [5.74, 6) is -0.767. The molecule has 1 fully saturated rings. The van der Waals surface area contributed by atoms with Gasteiger partial charge in [0.25, 0.3) is 0 Å². The van der Waals surface area contributed by atoms with E-state index in [2.05, 4.69) is 22.6 Å². The monoisotopic (exact) mass is 354 g/mol. The van der Waals surface area contributed by atoms with E-state index in [-0.39, 0.29) is 5.92 Å². The van der Waals surface area contributed by atoms with Gasteiger partial charge >= 0.3 is 11.9 Å². The molecule has 0 aliphatic heterocycles. The Balaban J connectivity index is 2.99. The summed E-state index contributed by atoms with van der Waals surface area (Å²) >= 11 is 2.22. The van der Waals surface area contributed by atoms with Crippen LogP contribution in [0.2, 0.25) is 0 Å². The largest absolute Gasteiger partial charge is 0.465 e. The molecule has 98 valence electrons. The first-order valence-corrected chi connectivity index (χ1v) is 7.56. The lowest BCUT2D eigenvalue weighted by molar-refractivity contribution is -0.174. The van der Waals surface area contributed by atoms with Crippen LogP contribution >= 0.6 is 22.6 Å². The Morgan fingerprint density at radius 1 is 1.24 bits per heavy atom. The fourth-order valence-corrected chi connectivity index (χ4v) is 3.62. The Hall–Kier alpha value is -0.330. The van der Waals surface area contributed by atoms with E-state index in [0.717, 1.165) is 17.3 Å². The fourth-order valence-electron chi connectivity index (χ4n) is 2.43. The molecule has 5 heteroatoms. The van der Waals surface area contributed by atoms with E-state index >= 15 is 0 Å². The van der Waals surface area contributed by atoms with Gasteiger partial charge in [0.15, 0.2) is 5.41 Å². The Morgan fingerprint density at radius 3 is 2.18 bits per heavy atom. The van der Waals surface area contributed by atoms with Crippen LogP contribution in [0.15, 0.2) is 0 Å². The summed E-state index contributed by atoms with van der Waals surface area (Å²) in [5.41, 5.74) is -1.05. The van der Waals surface area contributed by atoms with Crippen molar-refractivity contribution in [3.63, 3.8) is 0 Å². The molecule has 4 nitrogen and oxygen atoms in total. The van der Waals surface area contributed by atoms with Crippen LogP contribution in [0.1, 0.15) is 33.1 Å². The average molecular weight is 354 g/mol. The number of hydrogen-bond donors (Lipinski definition) is 0. The molecule has 1 aliphatic carbocycles. The molecule has 0 radical (unpaired) electrons. The molecule has 0 bridgehead atoms. The third-order valence-corrected chi connectivity index (χ3v) is 4.35. The Bertz CT molecular complexity index is 272. The molecular weight excluding hydrogens is 335 g/mol. The summed E-state index contributed by atoms with van der Waals surface area (Å²) in [4.78, 5) is 24.3. The molecule has 0 aromatic rings. The van der Waals surface area contributed by atoms with Gasteiger partial charge in [0.2, 0.25) is 0 Å². The van der Waals surface area contributed by atoms with Crippen LogP contribution in [0, 0.1) is 11.3 Å². The van der Waals surface area contributed by atoms with Gasteiger partial charge in [-0.25, -0.2) is 0 Å². The summed E-state index contributed by atoms with van der Waals surface area (Å²) in [7, 11) is 0. The molecule has 0 N–H and O–H groups in total. The average Bonchev–Trinajstić information content (AvgIpc) is 2.74. The van der Waals surface area contributed by atoms with Gasteiger partial charge in [-0.15, -0.1) is 0 Å². The van der Waals surface area contributed by atoms with Crippen LogP contribution in [0.5, 0.6) is 0 Å². The number of alkyl halides is 1. The summed E-state index contributed by atoms with van der Waals surface area (Å²) in [6.07, 6.45) is 2.32. The first-order valence-electron chi connectivity index (χ1n) is 6.03. The van der Waals surface area contributed by atoms with Crippen molar-refractivity contribution in [1.82, 2.24) is 0 Å². The Labute approximate surface area is 116 Å². The zero-order valence-electron chi connectivity index (χ0n) is 10.3. The molecule has 1 unspecified atom stereocenters. The smallest absolute Gasteiger partial charge is 0.323 e. The van der Waals surface area contributed by atoms with Crippen LogP contribution in [-0.2, 0) is 19.1 Å². The highest BCUT2D eigenvalue weighted by Gasteiger charge is 2.56. The third-order valence-electron chi connectivity index (χ3n) is 3.29. The van der Waals surface area contributed by atoms with Crippen molar-refractivity contribution in [2.45, 2.75) is 33.1 Å². The van der Waals surface area contributed by atoms with E-state index in [1.165, 1.54) is 0 Å². The molecule has 1 aliphatic rings. The second-order valence-electron chi connectivity index (χ2n) is 4.16. The van der Waals surface area contributed by atoms with Gasteiger partial charge in [-0.1, -0.05) is 29.0 Å². The maximum atomic E-state index is 12.1. The van der Waals surface area contributed by atoms with Crippen LogP contribution in [0.3, 0.4) is 0 Å². The second-order valence-corrected chi connectivity index (χ2v) is 5.04. The van der Waals surface area contributed by atoms with E-state index in [1.54, 1.807) is 13.8 Å². The molecule has 17 heavy (non-hydrogen) atoms. The minimum Gasteiger partial charge on any atom is -0.465 e. The normalized spacial score (nSPS) is 22.2. The van der Waals surface area contributed by atoms with Gasteiger partial charge in [-0.3, -0.25) is 9.59 Å². The number of carbonyl (C=O) groups is 2. The zero-order valence-corrected chi connectivity index (χ0v) is 12.5. The van der Waals surface area contributed by atoms with Gasteiger partial charge in [-0.05, 0) is 32.6 Å². The molecule has 0 aromatic carbocycles. The van der Waals surface area contributed by atoms with Crippen molar-refractivity contribution in [2.75, 3.05) is 17.6 Å². The first kappa shape index (κ1) is 14.7. The SMILES string of the molecule is CCOC(=O)C1(C(=O)OCC)CCCC1CI. The quantitative estimate of drug-likeness (QED) is 0.329. The van der Waals surface area contributed by atoms with Crippen molar-refractivity contribution >= 4 is 34.5 Å². The maximum absolute atomic E-state index is 12.1. The molecule has 0 spiro atoms. The third kappa shape index (κ3) is 2.74. The standard InChI is InChI=1S/C12H19IO4/c1-3-16-10(14)12(11(15)17-4-2)7-5-6-9(12)8-13/h9H,3-8H2,1-2H3. The van der Waals surface area contributed by atoms with Gasteiger partial charge in [-0.2, -0.15) is 0 Å². The minimum atomic E-state index is -1.05. The van der Waals surface area contributed by atoms with E-state index in [0.29, 0.717) is 19.6 Å². The Morgan fingerprint density at radius 2 is 1.76 bits per heavy atom. The van der Waals surface area contributed by atoms with Gasteiger partial charge in [0.05, 0.1) is 13.2 Å². The molecule has 0 aromatic heterocycles. The number of esters is 2. The highest BCUT2D eigenvalue weighted by molar-refractivity contribution is 14.1. The van der Waals surface area contributed by atoms with E-state index in [1.807, 2.05) is 0 Å².